The molecule has 0 atom stereocenters. The lowest BCUT2D eigenvalue weighted by atomic mass is 10.4. The molecule has 0 fully saturated rings. The molecule has 0 aliphatic heterocycles. The third kappa shape index (κ3) is 3.09. The van der Waals surface area contributed by atoms with Crippen LogP contribution in [0.15, 0.2) is 12.3 Å². The maximum Gasteiger partial charge on any atom is 0.165 e. The van der Waals surface area contributed by atoms with E-state index in [0.717, 1.165) is 0 Å². The Bertz CT molecular complexity index is 228. The van der Waals surface area contributed by atoms with Gasteiger partial charge in [-0.3, -0.25) is 0 Å². The minimum Gasteiger partial charge on any atom is -0.504 e. The van der Waals surface area contributed by atoms with Crippen LogP contribution in [0.4, 0.5) is 5.82 Å². The van der Waals surface area contributed by atoms with Crippen LogP contribution in [-0.4, -0.2) is 10.1 Å². The average molecular weight is 175 g/mol. The molecular formula is C7H11ClN2O. The fourth-order valence-electron chi connectivity index (χ4n) is 0.439. The third-order valence-corrected chi connectivity index (χ3v) is 1.07. The molecule has 3 nitrogen and oxygen atoms in total. The molecule has 1 heterocycles. The Labute approximate surface area is 70.8 Å². The Balaban J connectivity index is 0.000000461. The molecule has 1 aromatic rings. The van der Waals surface area contributed by atoms with E-state index in [0.29, 0.717) is 5.02 Å². The second-order valence-corrected chi connectivity index (χ2v) is 1.99. The number of hydrogen-bond donors (Lipinski definition) is 2. The number of pyridine rings is 1. The highest BCUT2D eigenvalue weighted by Gasteiger charge is 1.95. The number of nitrogen functional groups attached to an aromatic ring is 1. The Morgan fingerprint density at radius 2 is 2.09 bits per heavy atom. The van der Waals surface area contributed by atoms with Crippen LogP contribution in [0, 0.1) is 0 Å². The standard InChI is InChI=1S/C5H5ClN2O.C2H6/c6-3-1-4(9)5(7)8-2-3;1-2/h1-2,9H,(H2,7,8);1-2H3. The molecule has 4 heteroatoms. The van der Waals surface area contributed by atoms with Crippen molar-refractivity contribution in [1.29, 1.82) is 0 Å². The quantitative estimate of drug-likeness (QED) is 0.633. The van der Waals surface area contributed by atoms with Crippen LogP contribution in [0.2, 0.25) is 5.02 Å². The van der Waals surface area contributed by atoms with Crippen molar-refractivity contribution in [2.45, 2.75) is 13.8 Å². The van der Waals surface area contributed by atoms with Gasteiger partial charge >= 0.3 is 0 Å². The zero-order chi connectivity index (χ0) is 8.85. The van der Waals surface area contributed by atoms with Crippen LogP contribution in [0.5, 0.6) is 5.75 Å². The summed E-state index contributed by atoms with van der Waals surface area (Å²) < 4.78 is 0. The highest BCUT2D eigenvalue weighted by atomic mass is 35.5. The maximum atomic E-state index is 8.83. The van der Waals surface area contributed by atoms with E-state index in [9.17, 15) is 0 Å². The van der Waals surface area contributed by atoms with Crippen molar-refractivity contribution in [1.82, 2.24) is 4.98 Å². The number of anilines is 1. The Morgan fingerprint density at radius 1 is 1.55 bits per heavy atom. The fourth-order valence-corrected chi connectivity index (χ4v) is 0.591. The van der Waals surface area contributed by atoms with Gasteiger partial charge < -0.3 is 10.8 Å². The first-order valence-electron chi connectivity index (χ1n) is 3.30. The number of halogens is 1. The lowest BCUT2D eigenvalue weighted by Crippen LogP contribution is -1.88. The van der Waals surface area contributed by atoms with Crippen LogP contribution in [-0.2, 0) is 0 Å². The number of nitrogens with zero attached hydrogens (tertiary/aromatic N) is 1. The van der Waals surface area contributed by atoms with Crippen molar-refractivity contribution < 1.29 is 5.11 Å². The van der Waals surface area contributed by atoms with Crippen molar-refractivity contribution in [2.24, 2.45) is 0 Å². The molecule has 3 N–H and O–H groups in total. The van der Waals surface area contributed by atoms with Gasteiger partial charge in [0.05, 0.1) is 5.02 Å². The van der Waals surface area contributed by atoms with Crippen LogP contribution < -0.4 is 5.73 Å². The second-order valence-electron chi connectivity index (χ2n) is 1.56. The van der Waals surface area contributed by atoms with Crippen LogP contribution >= 0.6 is 11.6 Å². The fraction of sp³-hybridized carbons (Fsp3) is 0.286. The van der Waals surface area contributed by atoms with E-state index < -0.39 is 0 Å². The molecule has 0 aliphatic rings. The van der Waals surface area contributed by atoms with Gasteiger partial charge in [0.25, 0.3) is 0 Å². The Morgan fingerprint density at radius 3 is 2.45 bits per heavy atom. The lowest BCUT2D eigenvalue weighted by Gasteiger charge is -1.94. The summed E-state index contributed by atoms with van der Waals surface area (Å²) in [6, 6.07) is 1.34. The van der Waals surface area contributed by atoms with Gasteiger partial charge in [-0.15, -0.1) is 0 Å². The normalized spacial score (nSPS) is 8.27. The van der Waals surface area contributed by atoms with Crippen molar-refractivity contribution >= 4 is 17.4 Å². The van der Waals surface area contributed by atoms with Gasteiger partial charge in [-0.2, -0.15) is 0 Å². The molecular weight excluding hydrogens is 164 g/mol. The van der Waals surface area contributed by atoms with E-state index in [1.807, 2.05) is 13.8 Å². The monoisotopic (exact) mass is 174 g/mol. The number of aromatic nitrogens is 1. The third-order valence-electron chi connectivity index (χ3n) is 0.864. The molecule has 0 bridgehead atoms. The largest absolute Gasteiger partial charge is 0.504 e. The predicted octanol–water partition coefficient (Wildman–Crippen LogP) is 2.05. The lowest BCUT2D eigenvalue weighted by molar-refractivity contribution is 0.476. The molecule has 11 heavy (non-hydrogen) atoms. The van der Waals surface area contributed by atoms with Gasteiger partial charge in [-0.1, -0.05) is 25.4 Å². The first-order chi connectivity index (χ1) is 5.20. The van der Waals surface area contributed by atoms with Crippen molar-refractivity contribution in [3.63, 3.8) is 0 Å². The molecule has 0 spiro atoms. The first-order valence-corrected chi connectivity index (χ1v) is 3.68. The highest BCUT2D eigenvalue weighted by Crippen LogP contribution is 2.19. The zero-order valence-electron chi connectivity index (χ0n) is 6.50. The summed E-state index contributed by atoms with van der Waals surface area (Å²) in [5, 5.41) is 9.20. The molecule has 0 unspecified atom stereocenters. The summed E-state index contributed by atoms with van der Waals surface area (Å²) in [5.74, 6) is 0.0156. The van der Waals surface area contributed by atoms with E-state index >= 15 is 0 Å². The molecule has 0 saturated carbocycles. The summed E-state index contributed by atoms with van der Waals surface area (Å²) in [5.41, 5.74) is 5.17. The van der Waals surface area contributed by atoms with E-state index in [2.05, 4.69) is 4.98 Å². The zero-order valence-corrected chi connectivity index (χ0v) is 7.26. The SMILES string of the molecule is CC.Nc1ncc(Cl)cc1O. The molecule has 0 aliphatic carbocycles. The van der Waals surface area contributed by atoms with Crippen molar-refractivity contribution in [3.8, 4) is 5.75 Å². The van der Waals surface area contributed by atoms with E-state index in [1.54, 1.807) is 0 Å². The predicted molar refractivity (Wildman–Crippen MR) is 46.7 cm³/mol. The second kappa shape index (κ2) is 4.79. The van der Waals surface area contributed by atoms with Gasteiger partial charge in [-0.25, -0.2) is 4.98 Å². The van der Waals surface area contributed by atoms with Crippen molar-refractivity contribution in [3.05, 3.63) is 17.3 Å². The van der Waals surface area contributed by atoms with E-state index in [4.69, 9.17) is 22.4 Å². The van der Waals surface area contributed by atoms with Crippen LogP contribution in [0.1, 0.15) is 13.8 Å². The Hall–Kier alpha value is -0.960. The number of rotatable bonds is 0. The highest BCUT2D eigenvalue weighted by molar-refractivity contribution is 6.30. The van der Waals surface area contributed by atoms with Crippen molar-refractivity contribution in [2.75, 3.05) is 5.73 Å². The summed E-state index contributed by atoms with van der Waals surface area (Å²) >= 11 is 5.44. The number of hydrogen-bond acceptors (Lipinski definition) is 3. The molecule has 0 amide bonds. The van der Waals surface area contributed by atoms with Gasteiger partial charge in [-0.05, 0) is 0 Å². The smallest absolute Gasteiger partial charge is 0.165 e. The molecule has 1 rings (SSSR count). The molecule has 0 aromatic carbocycles. The number of aromatic hydroxyl groups is 1. The molecule has 1 aromatic heterocycles. The first kappa shape index (κ1) is 10.0. The van der Waals surface area contributed by atoms with Crippen LogP contribution in [0.25, 0.3) is 0 Å². The van der Waals surface area contributed by atoms with Gasteiger partial charge in [0.2, 0.25) is 0 Å². The minimum atomic E-state index is -0.0810. The minimum absolute atomic E-state index is 0.0810. The summed E-state index contributed by atoms with van der Waals surface area (Å²) in [6.07, 6.45) is 1.37. The van der Waals surface area contributed by atoms with E-state index in [-0.39, 0.29) is 11.6 Å². The van der Waals surface area contributed by atoms with Gasteiger partial charge in [0.15, 0.2) is 11.6 Å². The van der Waals surface area contributed by atoms with Gasteiger partial charge in [0.1, 0.15) is 0 Å². The molecule has 0 radical (unpaired) electrons. The van der Waals surface area contributed by atoms with E-state index in [1.165, 1.54) is 12.3 Å². The summed E-state index contributed by atoms with van der Waals surface area (Å²) in [6.45, 7) is 4.00. The topological polar surface area (TPSA) is 59.1 Å². The molecule has 0 saturated heterocycles. The Kier molecular flexibility index (Phi) is 4.38. The van der Waals surface area contributed by atoms with Crippen LogP contribution in [0.3, 0.4) is 0 Å². The molecule has 62 valence electrons. The number of nitrogens with two attached hydrogens (primary N) is 1. The maximum absolute atomic E-state index is 8.83. The summed E-state index contributed by atoms with van der Waals surface area (Å²) in [4.78, 5) is 3.57. The average Bonchev–Trinajstić information content (AvgIpc) is 2.02. The van der Waals surface area contributed by atoms with Gasteiger partial charge in [0, 0.05) is 12.3 Å². The summed E-state index contributed by atoms with van der Waals surface area (Å²) in [7, 11) is 0.